The number of nitrogens with zero attached hydrogens (tertiary/aromatic N) is 1. The van der Waals surface area contributed by atoms with Gasteiger partial charge < -0.3 is 15.6 Å². The molecular weight excluding hydrogens is 194 g/mol. The quantitative estimate of drug-likeness (QED) is 0.770. The molecule has 1 aromatic heterocycles. The molecule has 0 bridgehead atoms. The molecule has 0 radical (unpaired) electrons. The Morgan fingerprint density at radius 1 is 1.60 bits per heavy atom. The largest absolute Gasteiger partial charge is 0.368 e. The molecule has 1 rings (SSSR count). The molecule has 1 heterocycles. The van der Waals surface area contributed by atoms with Crippen molar-refractivity contribution >= 4 is 11.8 Å². The Morgan fingerprint density at radius 3 is 2.67 bits per heavy atom. The monoisotopic (exact) mass is 211 g/mol. The van der Waals surface area contributed by atoms with Gasteiger partial charge in [0.1, 0.15) is 6.04 Å². The van der Waals surface area contributed by atoms with Gasteiger partial charge in [0.15, 0.2) is 0 Å². The highest BCUT2D eigenvalue weighted by Gasteiger charge is 2.17. The molecule has 5 nitrogen and oxygen atoms in total. The highest BCUT2D eigenvalue weighted by atomic mass is 16.5. The van der Waals surface area contributed by atoms with Crippen LogP contribution in [0.25, 0.3) is 0 Å². The van der Waals surface area contributed by atoms with Crippen molar-refractivity contribution in [1.82, 2.24) is 5.16 Å². The maximum absolute atomic E-state index is 11.1. The lowest BCUT2D eigenvalue weighted by Gasteiger charge is -2.13. The molecule has 1 amide bonds. The Balaban J connectivity index is 2.74. The molecule has 1 atom stereocenters. The lowest BCUT2D eigenvalue weighted by molar-refractivity contribution is -0.118. The summed E-state index contributed by atoms with van der Waals surface area (Å²) in [6.07, 6.45) is 1.57. The van der Waals surface area contributed by atoms with E-state index in [1.54, 1.807) is 0 Å². The lowest BCUT2D eigenvalue weighted by Crippen LogP contribution is -2.35. The number of hydrogen-bond donors (Lipinski definition) is 2. The topological polar surface area (TPSA) is 81.2 Å². The van der Waals surface area contributed by atoms with Crippen LogP contribution in [0.3, 0.4) is 0 Å². The van der Waals surface area contributed by atoms with Crippen LogP contribution < -0.4 is 11.1 Å². The van der Waals surface area contributed by atoms with E-state index in [4.69, 9.17) is 10.3 Å². The number of nitrogens with one attached hydrogen (secondary N) is 1. The van der Waals surface area contributed by atoms with E-state index in [9.17, 15) is 4.79 Å². The number of anilines is 1. The molecule has 0 saturated carbocycles. The fourth-order valence-corrected chi connectivity index (χ4v) is 1.28. The smallest absolute Gasteiger partial charge is 0.240 e. The van der Waals surface area contributed by atoms with Crippen LogP contribution in [0.2, 0.25) is 0 Å². The second kappa shape index (κ2) is 4.82. The molecule has 84 valence electrons. The molecule has 0 spiro atoms. The van der Waals surface area contributed by atoms with E-state index >= 15 is 0 Å². The summed E-state index contributed by atoms with van der Waals surface area (Å²) in [6, 6.07) is -0.388. The molecule has 0 aliphatic heterocycles. The lowest BCUT2D eigenvalue weighted by atomic mass is 10.1. The van der Waals surface area contributed by atoms with Gasteiger partial charge in [-0.05, 0) is 20.3 Å². The molecule has 0 aromatic carbocycles. The van der Waals surface area contributed by atoms with Crippen molar-refractivity contribution in [2.45, 2.75) is 39.7 Å². The van der Waals surface area contributed by atoms with Gasteiger partial charge in [-0.3, -0.25) is 4.79 Å². The summed E-state index contributed by atoms with van der Waals surface area (Å²) in [5.74, 6) is 0.162. The highest BCUT2D eigenvalue weighted by Crippen LogP contribution is 2.19. The van der Waals surface area contributed by atoms with E-state index in [1.165, 1.54) is 0 Å². The van der Waals surface area contributed by atoms with Crippen molar-refractivity contribution in [3.05, 3.63) is 11.3 Å². The first-order chi connectivity index (χ1) is 7.06. The summed E-state index contributed by atoms with van der Waals surface area (Å²) in [4.78, 5) is 11.1. The maximum Gasteiger partial charge on any atom is 0.240 e. The van der Waals surface area contributed by atoms with Crippen LogP contribution in [0.1, 0.15) is 31.0 Å². The fourth-order valence-electron chi connectivity index (χ4n) is 1.28. The maximum atomic E-state index is 11.1. The van der Waals surface area contributed by atoms with Crippen molar-refractivity contribution in [3.8, 4) is 0 Å². The average molecular weight is 211 g/mol. The first kappa shape index (κ1) is 11.6. The Morgan fingerprint density at radius 2 is 2.27 bits per heavy atom. The SMILES string of the molecule is CCC[C@H](Nc1onc(C)c1C)C(N)=O. The van der Waals surface area contributed by atoms with Crippen molar-refractivity contribution in [3.63, 3.8) is 0 Å². The number of carbonyl (C=O) groups is 1. The minimum Gasteiger partial charge on any atom is -0.368 e. The van der Waals surface area contributed by atoms with E-state index in [0.717, 1.165) is 17.7 Å². The van der Waals surface area contributed by atoms with Gasteiger partial charge >= 0.3 is 0 Å². The Kier molecular flexibility index (Phi) is 3.71. The predicted octanol–water partition coefficient (Wildman–Crippen LogP) is 1.36. The third kappa shape index (κ3) is 2.71. The van der Waals surface area contributed by atoms with Crippen LogP contribution in [0.15, 0.2) is 4.52 Å². The standard InChI is InChI=1S/C10H17N3O2/c1-4-5-8(9(11)14)12-10-6(2)7(3)13-15-10/h8,12H,4-5H2,1-3H3,(H2,11,14)/t8-/m0/s1. The number of amides is 1. The molecule has 15 heavy (non-hydrogen) atoms. The molecule has 3 N–H and O–H groups in total. The summed E-state index contributed by atoms with van der Waals surface area (Å²) in [5.41, 5.74) is 7.00. The highest BCUT2D eigenvalue weighted by molar-refractivity contribution is 5.82. The van der Waals surface area contributed by atoms with Gasteiger partial charge in [-0.25, -0.2) is 0 Å². The van der Waals surface area contributed by atoms with Gasteiger partial charge in [0, 0.05) is 5.56 Å². The van der Waals surface area contributed by atoms with Gasteiger partial charge in [0.25, 0.3) is 0 Å². The summed E-state index contributed by atoms with van der Waals surface area (Å²) in [5, 5.41) is 6.76. The van der Waals surface area contributed by atoms with E-state index in [-0.39, 0.29) is 11.9 Å². The van der Waals surface area contributed by atoms with E-state index < -0.39 is 0 Å². The first-order valence-electron chi connectivity index (χ1n) is 5.05. The summed E-state index contributed by atoms with van der Waals surface area (Å²) in [6.45, 7) is 5.73. The Bertz CT molecular complexity index is 346. The fraction of sp³-hybridized carbons (Fsp3) is 0.600. The molecule has 0 saturated heterocycles. The second-order valence-corrected chi connectivity index (χ2v) is 3.61. The zero-order chi connectivity index (χ0) is 11.4. The first-order valence-corrected chi connectivity index (χ1v) is 5.05. The van der Waals surface area contributed by atoms with Crippen molar-refractivity contribution < 1.29 is 9.32 Å². The predicted molar refractivity (Wildman–Crippen MR) is 57.5 cm³/mol. The molecule has 1 aromatic rings. The number of aryl methyl sites for hydroxylation is 1. The molecular formula is C10H17N3O2. The van der Waals surface area contributed by atoms with Crippen molar-refractivity contribution in [1.29, 1.82) is 0 Å². The van der Waals surface area contributed by atoms with Crippen LogP contribution in [-0.2, 0) is 4.79 Å². The third-order valence-electron chi connectivity index (χ3n) is 2.38. The Hall–Kier alpha value is -1.52. The number of carbonyl (C=O) groups excluding carboxylic acids is 1. The number of aromatic nitrogens is 1. The second-order valence-electron chi connectivity index (χ2n) is 3.61. The van der Waals surface area contributed by atoms with Gasteiger partial charge in [0.05, 0.1) is 5.69 Å². The van der Waals surface area contributed by atoms with Crippen LogP contribution in [0, 0.1) is 13.8 Å². The van der Waals surface area contributed by atoms with Crippen LogP contribution in [-0.4, -0.2) is 17.1 Å². The average Bonchev–Trinajstić information content (AvgIpc) is 2.48. The summed E-state index contributed by atoms with van der Waals surface area (Å²) < 4.78 is 5.05. The third-order valence-corrected chi connectivity index (χ3v) is 2.38. The number of rotatable bonds is 5. The van der Waals surface area contributed by atoms with Crippen LogP contribution in [0.5, 0.6) is 0 Å². The van der Waals surface area contributed by atoms with Crippen molar-refractivity contribution in [2.75, 3.05) is 5.32 Å². The van der Waals surface area contributed by atoms with E-state index in [1.807, 2.05) is 20.8 Å². The molecule has 0 aliphatic rings. The van der Waals surface area contributed by atoms with Gasteiger partial charge in [-0.15, -0.1) is 0 Å². The van der Waals surface area contributed by atoms with Gasteiger partial charge in [0.2, 0.25) is 11.8 Å². The summed E-state index contributed by atoms with van der Waals surface area (Å²) >= 11 is 0. The molecule has 0 unspecified atom stereocenters. The van der Waals surface area contributed by atoms with Crippen LogP contribution >= 0.6 is 0 Å². The summed E-state index contributed by atoms with van der Waals surface area (Å²) in [7, 11) is 0. The zero-order valence-corrected chi connectivity index (χ0v) is 9.33. The van der Waals surface area contributed by atoms with E-state index in [2.05, 4.69) is 10.5 Å². The van der Waals surface area contributed by atoms with Crippen molar-refractivity contribution in [2.24, 2.45) is 5.73 Å². The minimum atomic E-state index is -0.388. The minimum absolute atomic E-state index is 0.370. The normalized spacial score (nSPS) is 12.5. The molecule has 0 aliphatic carbocycles. The zero-order valence-electron chi connectivity index (χ0n) is 9.33. The van der Waals surface area contributed by atoms with Crippen LogP contribution in [0.4, 0.5) is 5.88 Å². The number of primary amides is 1. The van der Waals surface area contributed by atoms with Gasteiger partial charge in [-0.1, -0.05) is 18.5 Å². The van der Waals surface area contributed by atoms with E-state index in [0.29, 0.717) is 12.3 Å². The van der Waals surface area contributed by atoms with Gasteiger partial charge in [-0.2, -0.15) is 0 Å². The number of hydrogen-bond acceptors (Lipinski definition) is 4. The Labute approximate surface area is 89.0 Å². The molecule has 5 heteroatoms. The molecule has 0 fully saturated rings. The number of nitrogens with two attached hydrogens (primary N) is 1.